The highest BCUT2D eigenvalue weighted by atomic mass is 16.5. The Morgan fingerprint density at radius 3 is 2.86 bits per heavy atom. The number of amides is 1. The van der Waals surface area contributed by atoms with Gasteiger partial charge < -0.3 is 15.8 Å². The van der Waals surface area contributed by atoms with E-state index in [1.54, 1.807) is 32.2 Å². The van der Waals surface area contributed by atoms with E-state index in [2.05, 4.69) is 10.3 Å². The molecule has 0 fully saturated rings. The molecular formula is C16H17N3O2. The molecule has 2 aromatic rings. The molecule has 5 heteroatoms. The Balaban J connectivity index is 2.05. The Kier molecular flexibility index (Phi) is 4.56. The van der Waals surface area contributed by atoms with Crippen LogP contribution in [0.15, 0.2) is 42.5 Å². The van der Waals surface area contributed by atoms with E-state index in [-0.39, 0.29) is 5.91 Å². The Morgan fingerprint density at radius 2 is 2.14 bits per heavy atom. The van der Waals surface area contributed by atoms with Crippen molar-refractivity contribution >= 4 is 23.5 Å². The number of carbonyl (C=O) groups is 1. The first-order valence-electron chi connectivity index (χ1n) is 6.45. The fourth-order valence-corrected chi connectivity index (χ4v) is 1.80. The van der Waals surface area contributed by atoms with Crippen LogP contribution in [0.2, 0.25) is 0 Å². The number of nitrogens with two attached hydrogens (primary N) is 1. The van der Waals surface area contributed by atoms with Gasteiger partial charge in [0.05, 0.1) is 18.5 Å². The molecule has 2 rings (SSSR count). The highest BCUT2D eigenvalue weighted by Crippen LogP contribution is 2.15. The van der Waals surface area contributed by atoms with Crippen LogP contribution in [-0.2, 0) is 4.79 Å². The molecule has 1 heterocycles. The fraction of sp³-hybridized carbons (Fsp3) is 0.125. The summed E-state index contributed by atoms with van der Waals surface area (Å²) in [6.45, 7) is 1.79. The fourth-order valence-electron chi connectivity index (χ4n) is 1.80. The maximum Gasteiger partial charge on any atom is 0.248 e. The average molecular weight is 283 g/mol. The van der Waals surface area contributed by atoms with Crippen molar-refractivity contribution in [1.82, 2.24) is 4.98 Å². The molecule has 0 saturated heterocycles. The molecule has 108 valence electrons. The van der Waals surface area contributed by atoms with Crippen molar-refractivity contribution in [2.45, 2.75) is 6.92 Å². The van der Waals surface area contributed by atoms with Gasteiger partial charge >= 0.3 is 0 Å². The number of anilines is 2. The first-order valence-corrected chi connectivity index (χ1v) is 6.45. The van der Waals surface area contributed by atoms with Crippen molar-refractivity contribution in [1.29, 1.82) is 0 Å². The van der Waals surface area contributed by atoms with Crippen molar-refractivity contribution in [3.8, 4) is 5.75 Å². The molecule has 0 radical (unpaired) electrons. The summed E-state index contributed by atoms with van der Waals surface area (Å²) >= 11 is 0. The molecule has 21 heavy (non-hydrogen) atoms. The number of aromatic nitrogens is 1. The van der Waals surface area contributed by atoms with E-state index in [1.807, 2.05) is 24.3 Å². The molecule has 0 unspecified atom stereocenters. The quantitative estimate of drug-likeness (QED) is 0.846. The van der Waals surface area contributed by atoms with Crippen LogP contribution in [0.3, 0.4) is 0 Å². The predicted octanol–water partition coefficient (Wildman–Crippen LogP) is 2.63. The maximum atomic E-state index is 11.9. The second-order valence-corrected chi connectivity index (χ2v) is 4.47. The molecule has 0 aliphatic carbocycles. The van der Waals surface area contributed by atoms with Crippen LogP contribution < -0.4 is 15.8 Å². The minimum Gasteiger partial charge on any atom is -0.497 e. The van der Waals surface area contributed by atoms with Crippen LogP contribution in [0.25, 0.3) is 6.08 Å². The number of nitrogen functional groups attached to an aromatic ring is 1. The second-order valence-electron chi connectivity index (χ2n) is 4.47. The summed E-state index contributed by atoms with van der Waals surface area (Å²) in [5.41, 5.74) is 7.78. The molecular weight excluding hydrogens is 266 g/mol. The third-order valence-electron chi connectivity index (χ3n) is 2.89. The molecule has 3 N–H and O–H groups in total. The van der Waals surface area contributed by atoms with Gasteiger partial charge in [-0.1, -0.05) is 12.1 Å². The van der Waals surface area contributed by atoms with E-state index < -0.39 is 0 Å². The smallest absolute Gasteiger partial charge is 0.248 e. The van der Waals surface area contributed by atoms with Gasteiger partial charge in [0.1, 0.15) is 11.6 Å². The first kappa shape index (κ1) is 14.6. The van der Waals surface area contributed by atoms with Gasteiger partial charge in [0, 0.05) is 6.08 Å². The van der Waals surface area contributed by atoms with Crippen LogP contribution in [0.4, 0.5) is 11.5 Å². The maximum absolute atomic E-state index is 11.9. The van der Waals surface area contributed by atoms with E-state index in [9.17, 15) is 4.79 Å². The number of ether oxygens (including phenoxy) is 1. The number of nitrogens with zero attached hydrogens (tertiary/aromatic N) is 1. The van der Waals surface area contributed by atoms with Gasteiger partial charge in [0.2, 0.25) is 5.91 Å². The minimum atomic E-state index is -0.229. The second kappa shape index (κ2) is 6.56. The topological polar surface area (TPSA) is 77.2 Å². The normalized spacial score (nSPS) is 10.6. The summed E-state index contributed by atoms with van der Waals surface area (Å²) in [5, 5.41) is 2.76. The molecule has 0 saturated carbocycles. The zero-order chi connectivity index (χ0) is 15.2. The molecule has 0 spiro atoms. The highest BCUT2D eigenvalue weighted by molar-refractivity contribution is 6.02. The monoisotopic (exact) mass is 283 g/mol. The number of methoxy groups -OCH3 is 1. The Bertz CT molecular complexity index is 681. The third kappa shape index (κ3) is 4.07. The van der Waals surface area contributed by atoms with E-state index in [0.29, 0.717) is 17.2 Å². The summed E-state index contributed by atoms with van der Waals surface area (Å²) in [6.07, 6.45) is 3.18. The Labute approximate surface area is 123 Å². The van der Waals surface area contributed by atoms with Crippen LogP contribution in [0.5, 0.6) is 5.75 Å². The molecule has 1 aromatic carbocycles. The molecule has 0 aliphatic rings. The van der Waals surface area contributed by atoms with E-state index in [0.717, 1.165) is 11.3 Å². The zero-order valence-corrected chi connectivity index (χ0v) is 12.0. The van der Waals surface area contributed by atoms with Crippen molar-refractivity contribution in [3.05, 3.63) is 53.7 Å². The summed E-state index contributed by atoms with van der Waals surface area (Å²) < 4.78 is 5.13. The van der Waals surface area contributed by atoms with Crippen LogP contribution in [-0.4, -0.2) is 18.0 Å². The number of rotatable bonds is 4. The molecule has 0 bridgehead atoms. The van der Waals surface area contributed by atoms with E-state index in [1.165, 1.54) is 6.08 Å². The lowest BCUT2D eigenvalue weighted by Gasteiger charge is -2.06. The van der Waals surface area contributed by atoms with Crippen LogP contribution >= 0.6 is 0 Å². The number of nitrogens with one attached hydrogen (secondary N) is 1. The van der Waals surface area contributed by atoms with Crippen molar-refractivity contribution in [2.24, 2.45) is 0 Å². The summed E-state index contributed by atoms with van der Waals surface area (Å²) in [4.78, 5) is 16.0. The van der Waals surface area contributed by atoms with Crippen molar-refractivity contribution in [2.75, 3.05) is 18.2 Å². The first-order chi connectivity index (χ1) is 10.1. The number of pyridine rings is 1. The lowest BCUT2D eigenvalue weighted by atomic mass is 10.2. The van der Waals surface area contributed by atoms with Crippen molar-refractivity contribution < 1.29 is 9.53 Å². The minimum absolute atomic E-state index is 0.229. The highest BCUT2D eigenvalue weighted by Gasteiger charge is 2.03. The van der Waals surface area contributed by atoms with Gasteiger partial charge in [-0.25, -0.2) is 4.98 Å². The SMILES string of the molecule is COc1cccc(/C=C/C(=O)Nc2ccc(N)nc2C)c1. The van der Waals surface area contributed by atoms with Gasteiger partial charge in [-0.05, 0) is 42.8 Å². The molecule has 1 aromatic heterocycles. The summed E-state index contributed by atoms with van der Waals surface area (Å²) in [6, 6.07) is 10.8. The van der Waals surface area contributed by atoms with Crippen LogP contribution in [0, 0.1) is 6.92 Å². The largest absolute Gasteiger partial charge is 0.497 e. The van der Waals surface area contributed by atoms with Crippen molar-refractivity contribution in [3.63, 3.8) is 0 Å². The molecule has 1 amide bonds. The van der Waals surface area contributed by atoms with Crippen LogP contribution in [0.1, 0.15) is 11.3 Å². The number of benzene rings is 1. The van der Waals surface area contributed by atoms with Gasteiger partial charge in [0.15, 0.2) is 0 Å². The lowest BCUT2D eigenvalue weighted by molar-refractivity contribution is -0.111. The number of aryl methyl sites for hydroxylation is 1. The van der Waals surface area contributed by atoms with Gasteiger partial charge in [-0.15, -0.1) is 0 Å². The standard InChI is InChI=1S/C16H17N3O2/c1-11-14(7-8-15(17)18-11)19-16(20)9-6-12-4-3-5-13(10-12)21-2/h3-10H,1-2H3,(H2,17,18)(H,19,20)/b9-6+. The summed E-state index contributed by atoms with van der Waals surface area (Å²) in [7, 11) is 1.60. The zero-order valence-electron chi connectivity index (χ0n) is 12.0. The number of carbonyl (C=O) groups excluding carboxylic acids is 1. The number of hydrogen-bond donors (Lipinski definition) is 2. The van der Waals surface area contributed by atoms with Gasteiger partial charge in [-0.2, -0.15) is 0 Å². The van der Waals surface area contributed by atoms with E-state index >= 15 is 0 Å². The summed E-state index contributed by atoms with van der Waals surface area (Å²) in [5.74, 6) is 0.945. The molecule has 0 atom stereocenters. The Morgan fingerprint density at radius 1 is 1.33 bits per heavy atom. The van der Waals surface area contributed by atoms with Gasteiger partial charge in [0.25, 0.3) is 0 Å². The lowest BCUT2D eigenvalue weighted by Crippen LogP contribution is -2.10. The number of hydrogen-bond acceptors (Lipinski definition) is 4. The van der Waals surface area contributed by atoms with E-state index in [4.69, 9.17) is 10.5 Å². The predicted molar refractivity (Wildman–Crippen MR) is 84.0 cm³/mol. The molecule has 0 aliphatic heterocycles. The Hall–Kier alpha value is -2.82. The van der Waals surface area contributed by atoms with Gasteiger partial charge in [-0.3, -0.25) is 4.79 Å². The third-order valence-corrected chi connectivity index (χ3v) is 2.89. The average Bonchev–Trinajstić information content (AvgIpc) is 2.48. The molecule has 5 nitrogen and oxygen atoms in total.